The average molecular weight is 355 g/mol. The quantitative estimate of drug-likeness (QED) is 0.779. The molecule has 0 saturated carbocycles. The number of carbonyl (C=O) groups is 1. The van der Waals surface area contributed by atoms with Gasteiger partial charge in [0.15, 0.2) is 6.10 Å². The fourth-order valence-electron chi connectivity index (χ4n) is 2.84. The Morgan fingerprint density at radius 1 is 1.36 bits per heavy atom. The summed E-state index contributed by atoms with van der Waals surface area (Å²) in [4.78, 5) is 19.7. The lowest BCUT2D eigenvalue weighted by Gasteiger charge is -2.34. The summed E-state index contributed by atoms with van der Waals surface area (Å²) in [5, 5.41) is 4.64. The molecular formula is C18H17N3O3S. The lowest BCUT2D eigenvalue weighted by molar-refractivity contribution is -0.127. The lowest BCUT2D eigenvalue weighted by Crippen LogP contribution is -2.47. The van der Waals surface area contributed by atoms with Crippen LogP contribution >= 0.6 is 11.3 Å². The van der Waals surface area contributed by atoms with Gasteiger partial charge in [0.2, 0.25) is 5.89 Å². The van der Waals surface area contributed by atoms with E-state index in [9.17, 15) is 4.79 Å². The van der Waals surface area contributed by atoms with Crippen LogP contribution in [0.1, 0.15) is 5.69 Å². The summed E-state index contributed by atoms with van der Waals surface area (Å²) in [6, 6.07) is 11.7. The van der Waals surface area contributed by atoms with Crippen LogP contribution in [0.5, 0.6) is 5.75 Å². The molecule has 3 heterocycles. The van der Waals surface area contributed by atoms with Gasteiger partial charge in [-0.25, -0.2) is 4.98 Å². The van der Waals surface area contributed by atoms with Crippen molar-refractivity contribution >= 4 is 22.9 Å². The molecular weight excluding hydrogens is 338 g/mol. The molecule has 0 spiro atoms. The van der Waals surface area contributed by atoms with Crippen molar-refractivity contribution in [3.8, 4) is 16.5 Å². The normalized spacial score (nSPS) is 16.2. The van der Waals surface area contributed by atoms with E-state index in [1.54, 1.807) is 24.6 Å². The van der Waals surface area contributed by atoms with E-state index in [1.807, 2.05) is 41.8 Å². The number of thiophene rings is 1. The Hall–Kier alpha value is -2.80. The molecule has 0 bridgehead atoms. The number of nitrogens with zero attached hydrogens (tertiary/aromatic N) is 2. The zero-order valence-electron chi connectivity index (χ0n) is 13.6. The van der Waals surface area contributed by atoms with E-state index in [0.29, 0.717) is 24.7 Å². The number of carbonyl (C=O) groups excluding carboxylic acids is 1. The van der Waals surface area contributed by atoms with Crippen LogP contribution < -0.4 is 15.0 Å². The number of oxazole rings is 1. The topological polar surface area (TPSA) is 67.6 Å². The molecule has 7 heteroatoms. The number of hydrogen-bond donors (Lipinski definition) is 1. The Morgan fingerprint density at radius 3 is 3.04 bits per heavy atom. The highest BCUT2D eigenvalue weighted by atomic mass is 32.1. The molecule has 1 atom stereocenters. The molecule has 2 aromatic heterocycles. The summed E-state index contributed by atoms with van der Waals surface area (Å²) >= 11 is 1.59. The zero-order valence-corrected chi connectivity index (χ0v) is 14.5. The number of hydrogen-bond acceptors (Lipinski definition) is 6. The van der Waals surface area contributed by atoms with Gasteiger partial charge in [0.25, 0.3) is 5.91 Å². The van der Waals surface area contributed by atoms with Gasteiger partial charge in [-0.15, -0.1) is 11.3 Å². The lowest BCUT2D eigenvalue weighted by atomic mass is 10.1. The maximum Gasteiger partial charge on any atom is 0.262 e. The van der Waals surface area contributed by atoms with Crippen LogP contribution in [0.25, 0.3) is 10.8 Å². The highest BCUT2D eigenvalue weighted by Gasteiger charge is 2.30. The Kier molecular flexibility index (Phi) is 4.15. The van der Waals surface area contributed by atoms with Crippen molar-refractivity contribution in [2.24, 2.45) is 0 Å². The molecule has 0 radical (unpaired) electrons. The zero-order chi connectivity index (χ0) is 17.2. The first-order chi connectivity index (χ1) is 12.2. The number of amides is 1. The molecule has 1 aliphatic rings. The standard InChI is InChI=1S/C18H17N3O3S/c1-19-17(22)15-10-21(13-5-2-3-6-14(13)24-15)9-12-11-23-18(20-12)16-7-4-8-25-16/h2-8,11,15H,9-10H2,1H3,(H,19,22)/t15-/m0/s1. The molecule has 3 aromatic rings. The second-order valence-electron chi connectivity index (χ2n) is 5.69. The maximum atomic E-state index is 12.0. The molecule has 0 unspecified atom stereocenters. The molecule has 1 N–H and O–H groups in total. The third-order valence-electron chi connectivity index (χ3n) is 4.04. The molecule has 0 fully saturated rings. The van der Waals surface area contributed by atoms with E-state index in [2.05, 4.69) is 15.2 Å². The molecule has 25 heavy (non-hydrogen) atoms. The van der Waals surface area contributed by atoms with Gasteiger partial charge < -0.3 is 19.4 Å². The van der Waals surface area contributed by atoms with Crippen LogP contribution in [0.3, 0.4) is 0 Å². The summed E-state index contributed by atoms with van der Waals surface area (Å²) < 4.78 is 11.4. The van der Waals surface area contributed by atoms with Crippen molar-refractivity contribution in [3.05, 3.63) is 53.7 Å². The first kappa shape index (κ1) is 15.7. The van der Waals surface area contributed by atoms with E-state index in [4.69, 9.17) is 9.15 Å². The summed E-state index contributed by atoms with van der Waals surface area (Å²) in [5.41, 5.74) is 1.76. The van der Waals surface area contributed by atoms with Crippen molar-refractivity contribution < 1.29 is 13.9 Å². The van der Waals surface area contributed by atoms with Gasteiger partial charge in [-0.2, -0.15) is 0 Å². The van der Waals surface area contributed by atoms with Crippen LogP contribution in [-0.4, -0.2) is 30.6 Å². The van der Waals surface area contributed by atoms with Crippen molar-refractivity contribution in [1.82, 2.24) is 10.3 Å². The smallest absolute Gasteiger partial charge is 0.262 e. The summed E-state index contributed by atoms with van der Waals surface area (Å²) in [6.45, 7) is 1.00. The van der Waals surface area contributed by atoms with E-state index in [-0.39, 0.29) is 5.91 Å². The minimum absolute atomic E-state index is 0.140. The number of ether oxygens (including phenoxy) is 1. The molecule has 1 amide bonds. The number of anilines is 1. The van der Waals surface area contributed by atoms with E-state index >= 15 is 0 Å². The van der Waals surface area contributed by atoms with E-state index in [0.717, 1.165) is 16.3 Å². The number of nitrogens with one attached hydrogen (secondary N) is 1. The predicted octanol–water partition coefficient (Wildman–Crippen LogP) is 2.92. The number of rotatable bonds is 4. The van der Waals surface area contributed by atoms with Gasteiger partial charge in [0.1, 0.15) is 12.0 Å². The van der Waals surface area contributed by atoms with Crippen molar-refractivity contribution in [1.29, 1.82) is 0 Å². The van der Waals surface area contributed by atoms with Crippen molar-refractivity contribution in [2.75, 3.05) is 18.5 Å². The highest BCUT2D eigenvalue weighted by Crippen LogP contribution is 2.34. The Bertz CT molecular complexity index is 875. The molecule has 6 nitrogen and oxygen atoms in total. The first-order valence-corrected chi connectivity index (χ1v) is 8.83. The van der Waals surface area contributed by atoms with E-state index < -0.39 is 6.10 Å². The number of likely N-dealkylation sites (N-methyl/N-ethyl adjacent to an activating group) is 1. The van der Waals surface area contributed by atoms with Gasteiger partial charge in [-0.05, 0) is 23.6 Å². The average Bonchev–Trinajstić information content (AvgIpc) is 3.32. The largest absolute Gasteiger partial charge is 0.477 e. The third kappa shape index (κ3) is 3.10. The monoisotopic (exact) mass is 355 g/mol. The van der Waals surface area contributed by atoms with Gasteiger partial charge in [0.05, 0.1) is 29.3 Å². The molecule has 1 aliphatic heterocycles. The van der Waals surface area contributed by atoms with Gasteiger partial charge in [0, 0.05) is 7.05 Å². The van der Waals surface area contributed by atoms with Crippen molar-refractivity contribution in [3.63, 3.8) is 0 Å². The van der Waals surface area contributed by atoms with Gasteiger partial charge >= 0.3 is 0 Å². The minimum Gasteiger partial charge on any atom is -0.477 e. The van der Waals surface area contributed by atoms with Gasteiger partial charge in [-0.1, -0.05) is 18.2 Å². The highest BCUT2D eigenvalue weighted by molar-refractivity contribution is 7.13. The maximum absolute atomic E-state index is 12.0. The Morgan fingerprint density at radius 2 is 2.24 bits per heavy atom. The molecule has 0 aliphatic carbocycles. The second-order valence-corrected chi connectivity index (χ2v) is 6.64. The van der Waals surface area contributed by atoms with Crippen LogP contribution in [0, 0.1) is 0 Å². The molecule has 0 saturated heterocycles. The first-order valence-electron chi connectivity index (χ1n) is 7.95. The fourth-order valence-corrected chi connectivity index (χ4v) is 3.50. The number of benzene rings is 1. The number of para-hydroxylation sites is 2. The number of fused-ring (bicyclic) bond motifs is 1. The predicted molar refractivity (Wildman–Crippen MR) is 95.8 cm³/mol. The van der Waals surface area contributed by atoms with Crippen LogP contribution in [-0.2, 0) is 11.3 Å². The number of aromatic nitrogens is 1. The van der Waals surface area contributed by atoms with Crippen LogP contribution in [0.2, 0.25) is 0 Å². The molecule has 1 aromatic carbocycles. The van der Waals surface area contributed by atoms with E-state index in [1.165, 1.54) is 0 Å². The Balaban J connectivity index is 1.59. The summed E-state index contributed by atoms with van der Waals surface area (Å²) in [7, 11) is 1.61. The second kappa shape index (κ2) is 6.60. The molecule has 128 valence electrons. The van der Waals surface area contributed by atoms with Crippen LogP contribution in [0.15, 0.2) is 52.5 Å². The minimum atomic E-state index is -0.552. The molecule has 4 rings (SSSR count). The Labute approximate surface area is 149 Å². The third-order valence-corrected chi connectivity index (χ3v) is 4.89. The SMILES string of the molecule is CNC(=O)[C@@H]1CN(Cc2coc(-c3cccs3)n2)c2ccccc2O1. The summed E-state index contributed by atoms with van der Waals surface area (Å²) in [5.74, 6) is 1.18. The van der Waals surface area contributed by atoms with Gasteiger partial charge in [-0.3, -0.25) is 4.79 Å². The van der Waals surface area contributed by atoms with Crippen molar-refractivity contribution in [2.45, 2.75) is 12.6 Å². The summed E-state index contributed by atoms with van der Waals surface area (Å²) in [6.07, 6.45) is 1.12. The fraction of sp³-hybridized carbons (Fsp3) is 0.222. The van der Waals surface area contributed by atoms with Crippen LogP contribution in [0.4, 0.5) is 5.69 Å².